The minimum absolute atomic E-state index is 0.0939. The highest BCUT2D eigenvalue weighted by atomic mass is 16.4. The van der Waals surface area contributed by atoms with Gasteiger partial charge in [0.15, 0.2) is 0 Å². The number of rotatable bonds is 3. The Labute approximate surface area is 124 Å². The molecule has 21 heavy (non-hydrogen) atoms. The lowest BCUT2D eigenvalue weighted by molar-refractivity contribution is -0.151. The Kier molecular flexibility index (Phi) is 3.49. The van der Waals surface area contributed by atoms with Crippen LogP contribution in [0.1, 0.15) is 38.5 Å². The molecule has 2 unspecified atom stereocenters. The van der Waals surface area contributed by atoms with Crippen LogP contribution in [0, 0.1) is 5.41 Å². The van der Waals surface area contributed by atoms with E-state index in [-0.39, 0.29) is 6.04 Å². The first kappa shape index (κ1) is 14.1. The number of carboxylic acids is 1. The number of aliphatic carboxylic acids is 1. The third-order valence-electron chi connectivity index (χ3n) is 4.65. The number of hydrogen-bond donors (Lipinski definition) is 1. The number of benzene rings is 1. The second kappa shape index (κ2) is 5.19. The topological polar surface area (TPSA) is 53.7 Å². The van der Waals surface area contributed by atoms with Crippen molar-refractivity contribution in [2.24, 2.45) is 5.41 Å². The fraction of sp³-hybridized carbons (Fsp3) is 0.471. The molecule has 2 heterocycles. The molecule has 0 amide bonds. The van der Waals surface area contributed by atoms with Crippen LogP contribution in [0.25, 0.3) is 11.0 Å². The molecule has 2 aromatic rings. The summed E-state index contributed by atoms with van der Waals surface area (Å²) in [5.74, 6) is 0.204. The van der Waals surface area contributed by atoms with Crippen LogP contribution in [-0.2, 0) is 4.79 Å². The van der Waals surface area contributed by atoms with Crippen molar-refractivity contribution in [3.05, 3.63) is 36.1 Å². The number of nitrogens with zero attached hydrogens (tertiary/aromatic N) is 1. The van der Waals surface area contributed by atoms with E-state index < -0.39 is 11.4 Å². The molecule has 2 atom stereocenters. The number of fused-ring (bicyclic) bond motifs is 1. The Bertz CT molecular complexity index is 630. The van der Waals surface area contributed by atoms with Crippen LogP contribution in [0.3, 0.4) is 0 Å². The van der Waals surface area contributed by atoms with Gasteiger partial charge in [-0.05, 0) is 45.4 Å². The van der Waals surface area contributed by atoms with Crippen molar-refractivity contribution in [2.75, 3.05) is 13.1 Å². The Balaban J connectivity index is 1.84. The van der Waals surface area contributed by atoms with Gasteiger partial charge in [-0.15, -0.1) is 0 Å². The van der Waals surface area contributed by atoms with Gasteiger partial charge in [0.1, 0.15) is 11.3 Å². The Morgan fingerprint density at radius 3 is 2.90 bits per heavy atom. The summed E-state index contributed by atoms with van der Waals surface area (Å²) in [5, 5.41) is 10.5. The van der Waals surface area contributed by atoms with E-state index in [4.69, 9.17) is 4.42 Å². The summed E-state index contributed by atoms with van der Waals surface area (Å²) in [4.78, 5) is 13.7. The molecule has 0 aliphatic carbocycles. The van der Waals surface area contributed by atoms with E-state index in [2.05, 4.69) is 17.9 Å². The van der Waals surface area contributed by atoms with Gasteiger partial charge in [0.2, 0.25) is 0 Å². The molecule has 112 valence electrons. The average Bonchev–Trinajstić information content (AvgIpc) is 2.90. The fourth-order valence-corrected chi connectivity index (χ4v) is 3.17. The van der Waals surface area contributed by atoms with Gasteiger partial charge in [0.25, 0.3) is 0 Å². The molecule has 1 saturated heterocycles. The zero-order chi connectivity index (χ0) is 15.0. The molecule has 0 saturated carbocycles. The van der Waals surface area contributed by atoms with E-state index in [1.807, 2.05) is 31.2 Å². The van der Waals surface area contributed by atoms with E-state index in [1.54, 1.807) is 0 Å². The summed E-state index contributed by atoms with van der Waals surface area (Å²) in [6.45, 7) is 5.42. The molecule has 0 spiro atoms. The number of hydrogen-bond acceptors (Lipinski definition) is 3. The standard InChI is InChI=1S/C17H21NO3/c1-12(15-10-13-6-3-4-7-14(13)21-15)18-9-5-8-17(2,11-18)16(19)20/h3-4,6-7,10,12H,5,8-9,11H2,1-2H3,(H,19,20). The maximum Gasteiger partial charge on any atom is 0.310 e. The number of piperidine rings is 1. The zero-order valence-electron chi connectivity index (χ0n) is 12.5. The molecular weight excluding hydrogens is 266 g/mol. The molecule has 1 aliphatic heterocycles. The summed E-state index contributed by atoms with van der Waals surface area (Å²) < 4.78 is 5.92. The molecule has 1 fully saturated rings. The monoisotopic (exact) mass is 287 g/mol. The molecular formula is C17H21NO3. The van der Waals surface area contributed by atoms with Crippen molar-refractivity contribution in [2.45, 2.75) is 32.7 Å². The maximum atomic E-state index is 11.5. The first-order valence-corrected chi connectivity index (χ1v) is 7.45. The Morgan fingerprint density at radius 2 is 2.19 bits per heavy atom. The zero-order valence-corrected chi connectivity index (χ0v) is 12.5. The minimum atomic E-state index is -0.705. The molecule has 1 aliphatic rings. The fourth-order valence-electron chi connectivity index (χ4n) is 3.17. The molecule has 4 nitrogen and oxygen atoms in total. The van der Waals surface area contributed by atoms with Crippen molar-refractivity contribution in [1.29, 1.82) is 0 Å². The Morgan fingerprint density at radius 1 is 1.43 bits per heavy atom. The van der Waals surface area contributed by atoms with Crippen LogP contribution >= 0.6 is 0 Å². The van der Waals surface area contributed by atoms with Gasteiger partial charge in [0, 0.05) is 11.9 Å². The van der Waals surface area contributed by atoms with Crippen LogP contribution < -0.4 is 0 Å². The number of likely N-dealkylation sites (tertiary alicyclic amines) is 1. The second-order valence-electron chi connectivity index (χ2n) is 6.30. The molecule has 1 N–H and O–H groups in total. The number of furan rings is 1. The number of carboxylic acid groups (broad SMARTS) is 1. The highest BCUT2D eigenvalue weighted by molar-refractivity contribution is 5.77. The largest absolute Gasteiger partial charge is 0.481 e. The van der Waals surface area contributed by atoms with Gasteiger partial charge in [-0.3, -0.25) is 9.69 Å². The third-order valence-corrected chi connectivity index (χ3v) is 4.65. The van der Waals surface area contributed by atoms with Crippen molar-refractivity contribution in [3.8, 4) is 0 Å². The van der Waals surface area contributed by atoms with Crippen molar-refractivity contribution >= 4 is 16.9 Å². The average molecular weight is 287 g/mol. The van der Waals surface area contributed by atoms with E-state index >= 15 is 0 Å². The lowest BCUT2D eigenvalue weighted by Crippen LogP contribution is -2.46. The van der Waals surface area contributed by atoms with Crippen LogP contribution in [0.15, 0.2) is 34.7 Å². The van der Waals surface area contributed by atoms with Gasteiger partial charge < -0.3 is 9.52 Å². The van der Waals surface area contributed by atoms with E-state index in [0.29, 0.717) is 6.54 Å². The highest BCUT2D eigenvalue weighted by Gasteiger charge is 2.39. The molecule has 1 aromatic carbocycles. The van der Waals surface area contributed by atoms with Crippen molar-refractivity contribution < 1.29 is 14.3 Å². The van der Waals surface area contributed by atoms with E-state index in [0.717, 1.165) is 36.1 Å². The van der Waals surface area contributed by atoms with Crippen LogP contribution in [0.2, 0.25) is 0 Å². The predicted molar refractivity (Wildman–Crippen MR) is 81.2 cm³/mol. The Hall–Kier alpha value is -1.81. The molecule has 1 aromatic heterocycles. The predicted octanol–water partition coefficient (Wildman–Crippen LogP) is 3.68. The number of carbonyl (C=O) groups is 1. The van der Waals surface area contributed by atoms with E-state index in [9.17, 15) is 9.90 Å². The second-order valence-corrected chi connectivity index (χ2v) is 6.30. The normalized spacial score (nSPS) is 25.0. The summed E-state index contributed by atoms with van der Waals surface area (Å²) in [7, 11) is 0. The molecule has 4 heteroatoms. The van der Waals surface area contributed by atoms with Crippen LogP contribution in [0.5, 0.6) is 0 Å². The van der Waals surface area contributed by atoms with Gasteiger partial charge in [-0.1, -0.05) is 18.2 Å². The van der Waals surface area contributed by atoms with E-state index in [1.165, 1.54) is 0 Å². The van der Waals surface area contributed by atoms with Crippen molar-refractivity contribution in [1.82, 2.24) is 4.90 Å². The van der Waals surface area contributed by atoms with Crippen LogP contribution in [-0.4, -0.2) is 29.1 Å². The third kappa shape index (κ3) is 2.56. The first-order valence-electron chi connectivity index (χ1n) is 7.45. The van der Waals surface area contributed by atoms with Crippen LogP contribution in [0.4, 0.5) is 0 Å². The van der Waals surface area contributed by atoms with Crippen molar-refractivity contribution in [3.63, 3.8) is 0 Å². The molecule has 3 rings (SSSR count). The lowest BCUT2D eigenvalue weighted by atomic mass is 9.81. The first-order chi connectivity index (χ1) is 9.99. The molecule has 0 radical (unpaired) electrons. The van der Waals surface area contributed by atoms with Gasteiger partial charge in [-0.2, -0.15) is 0 Å². The summed E-state index contributed by atoms with van der Waals surface area (Å²) >= 11 is 0. The van der Waals surface area contributed by atoms with Gasteiger partial charge >= 0.3 is 5.97 Å². The van der Waals surface area contributed by atoms with Gasteiger partial charge in [0.05, 0.1) is 11.5 Å². The summed E-state index contributed by atoms with van der Waals surface area (Å²) in [6.07, 6.45) is 1.65. The maximum absolute atomic E-state index is 11.5. The quantitative estimate of drug-likeness (QED) is 0.935. The smallest absolute Gasteiger partial charge is 0.310 e. The summed E-state index contributed by atoms with van der Waals surface area (Å²) in [5.41, 5.74) is 0.232. The SMILES string of the molecule is CC(c1cc2ccccc2o1)N1CCCC(C)(C(=O)O)C1. The minimum Gasteiger partial charge on any atom is -0.481 e. The highest BCUT2D eigenvalue weighted by Crippen LogP contribution is 2.35. The molecule has 0 bridgehead atoms. The number of para-hydroxylation sites is 1. The lowest BCUT2D eigenvalue weighted by Gasteiger charge is -2.40. The van der Waals surface area contributed by atoms with Gasteiger partial charge in [-0.25, -0.2) is 0 Å². The summed E-state index contributed by atoms with van der Waals surface area (Å²) in [6, 6.07) is 10.1.